The highest BCUT2D eigenvalue weighted by Crippen LogP contribution is 2.18. The van der Waals surface area contributed by atoms with E-state index in [-0.39, 0.29) is 18.6 Å². The predicted octanol–water partition coefficient (Wildman–Crippen LogP) is 1.93. The molecule has 0 amide bonds. The molecule has 6 nitrogen and oxygen atoms in total. The van der Waals surface area contributed by atoms with Gasteiger partial charge in [0.2, 0.25) is 10.0 Å². The molecule has 1 aliphatic heterocycles. The molecule has 0 radical (unpaired) electrons. The third-order valence-electron chi connectivity index (χ3n) is 4.37. The summed E-state index contributed by atoms with van der Waals surface area (Å²) in [6, 6.07) is 7.63. The first-order valence-corrected chi connectivity index (χ1v) is 9.73. The predicted molar refractivity (Wildman–Crippen MR) is 97.4 cm³/mol. The van der Waals surface area contributed by atoms with Crippen LogP contribution in [0.5, 0.6) is 0 Å². The summed E-state index contributed by atoms with van der Waals surface area (Å²) in [6.07, 6.45) is 3.46. The molecule has 0 atom stereocenters. The van der Waals surface area contributed by atoms with Gasteiger partial charge in [-0.15, -0.1) is 0 Å². The number of benzene rings is 1. The SMILES string of the molecule is CCn1cnc2c(c1=O)CCN(S(=O)(=O)/C=C/c1ccc(C)cc1)C2. The molecule has 2 heterocycles. The second-order valence-electron chi connectivity index (χ2n) is 6.10. The van der Waals surface area contributed by atoms with Crippen LogP contribution in [0.25, 0.3) is 6.08 Å². The fourth-order valence-corrected chi connectivity index (χ4v) is 3.96. The Balaban J connectivity index is 1.82. The summed E-state index contributed by atoms with van der Waals surface area (Å²) in [6.45, 7) is 4.84. The summed E-state index contributed by atoms with van der Waals surface area (Å²) in [5.74, 6) is 0. The molecule has 7 heteroatoms. The summed E-state index contributed by atoms with van der Waals surface area (Å²) in [7, 11) is -3.56. The lowest BCUT2D eigenvalue weighted by Crippen LogP contribution is -2.39. The van der Waals surface area contributed by atoms with Gasteiger partial charge in [0, 0.05) is 24.1 Å². The van der Waals surface area contributed by atoms with Crippen LogP contribution in [0.2, 0.25) is 0 Å². The molecule has 0 saturated carbocycles. The van der Waals surface area contributed by atoms with Crippen LogP contribution in [0.4, 0.5) is 0 Å². The second-order valence-corrected chi connectivity index (χ2v) is 7.92. The van der Waals surface area contributed by atoms with Gasteiger partial charge in [0.1, 0.15) is 0 Å². The molecule has 25 heavy (non-hydrogen) atoms. The fourth-order valence-electron chi connectivity index (χ4n) is 2.81. The topological polar surface area (TPSA) is 72.3 Å². The van der Waals surface area contributed by atoms with Crippen LogP contribution in [0.1, 0.15) is 29.3 Å². The second kappa shape index (κ2) is 6.93. The zero-order chi connectivity index (χ0) is 18.0. The number of sulfonamides is 1. The maximum Gasteiger partial charge on any atom is 0.256 e. The Morgan fingerprint density at radius 1 is 1.24 bits per heavy atom. The van der Waals surface area contributed by atoms with Gasteiger partial charge in [-0.05, 0) is 31.9 Å². The maximum absolute atomic E-state index is 12.6. The van der Waals surface area contributed by atoms with Gasteiger partial charge in [0.15, 0.2) is 0 Å². The van der Waals surface area contributed by atoms with Gasteiger partial charge in [-0.3, -0.25) is 9.36 Å². The van der Waals surface area contributed by atoms with Crippen LogP contribution in [0.15, 0.2) is 40.8 Å². The largest absolute Gasteiger partial charge is 0.299 e. The van der Waals surface area contributed by atoms with E-state index in [0.29, 0.717) is 24.2 Å². The Hall–Kier alpha value is -2.25. The summed E-state index contributed by atoms with van der Waals surface area (Å²) in [5.41, 5.74) is 3.05. The lowest BCUT2D eigenvalue weighted by molar-refractivity contribution is 0.386. The molecule has 0 spiro atoms. The van der Waals surface area contributed by atoms with Crippen molar-refractivity contribution < 1.29 is 8.42 Å². The molecule has 0 N–H and O–H groups in total. The summed E-state index contributed by atoms with van der Waals surface area (Å²) in [4.78, 5) is 16.6. The van der Waals surface area contributed by atoms with Crippen molar-refractivity contribution in [3.8, 4) is 0 Å². The molecular weight excluding hydrogens is 338 g/mol. The zero-order valence-corrected chi connectivity index (χ0v) is 15.2. The van der Waals surface area contributed by atoms with Crippen molar-refractivity contribution in [1.82, 2.24) is 13.9 Å². The Morgan fingerprint density at radius 2 is 1.96 bits per heavy atom. The van der Waals surface area contributed by atoms with Gasteiger partial charge in [-0.1, -0.05) is 29.8 Å². The smallest absolute Gasteiger partial charge is 0.256 e. The van der Waals surface area contributed by atoms with Crippen LogP contribution in [0, 0.1) is 6.92 Å². The molecule has 0 aliphatic carbocycles. The van der Waals surface area contributed by atoms with E-state index in [0.717, 1.165) is 11.1 Å². The van der Waals surface area contributed by atoms with Crippen molar-refractivity contribution in [2.45, 2.75) is 33.4 Å². The number of nitrogens with zero attached hydrogens (tertiary/aromatic N) is 3. The highest BCUT2D eigenvalue weighted by molar-refractivity contribution is 7.92. The monoisotopic (exact) mass is 359 g/mol. The molecule has 3 rings (SSSR count). The molecule has 1 aromatic carbocycles. The van der Waals surface area contributed by atoms with E-state index < -0.39 is 10.0 Å². The maximum atomic E-state index is 12.6. The first kappa shape index (κ1) is 17.6. The number of hydrogen-bond donors (Lipinski definition) is 0. The number of hydrogen-bond acceptors (Lipinski definition) is 4. The number of fused-ring (bicyclic) bond motifs is 1. The van der Waals surface area contributed by atoms with E-state index in [4.69, 9.17) is 0 Å². The van der Waals surface area contributed by atoms with Crippen molar-refractivity contribution in [2.24, 2.45) is 0 Å². The van der Waals surface area contributed by atoms with Crippen LogP contribution in [-0.4, -0.2) is 28.8 Å². The molecule has 0 bridgehead atoms. The Morgan fingerprint density at radius 3 is 2.64 bits per heavy atom. The van der Waals surface area contributed by atoms with E-state index in [9.17, 15) is 13.2 Å². The van der Waals surface area contributed by atoms with Crippen LogP contribution < -0.4 is 5.56 Å². The highest BCUT2D eigenvalue weighted by Gasteiger charge is 2.27. The molecule has 132 valence electrons. The summed E-state index contributed by atoms with van der Waals surface area (Å²) in [5, 5.41) is 1.22. The van der Waals surface area contributed by atoms with Gasteiger partial charge < -0.3 is 0 Å². The third kappa shape index (κ3) is 3.72. The van der Waals surface area contributed by atoms with Crippen LogP contribution >= 0.6 is 0 Å². The molecule has 2 aromatic rings. The number of aromatic nitrogens is 2. The Bertz CT molecular complexity index is 960. The van der Waals surface area contributed by atoms with E-state index >= 15 is 0 Å². The summed E-state index contributed by atoms with van der Waals surface area (Å²) < 4.78 is 28.0. The van der Waals surface area contributed by atoms with Crippen molar-refractivity contribution in [2.75, 3.05) is 6.54 Å². The van der Waals surface area contributed by atoms with Gasteiger partial charge in [0.25, 0.3) is 5.56 Å². The van der Waals surface area contributed by atoms with E-state index in [1.165, 1.54) is 16.0 Å². The normalized spacial score (nSPS) is 15.4. The average Bonchev–Trinajstić information content (AvgIpc) is 2.61. The minimum Gasteiger partial charge on any atom is -0.299 e. The number of aryl methyl sites for hydroxylation is 2. The third-order valence-corrected chi connectivity index (χ3v) is 5.88. The minimum atomic E-state index is -3.56. The average molecular weight is 359 g/mol. The molecule has 1 aromatic heterocycles. The van der Waals surface area contributed by atoms with E-state index in [1.54, 1.807) is 10.6 Å². The lowest BCUT2D eigenvalue weighted by Gasteiger charge is -2.26. The highest BCUT2D eigenvalue weighted by atomic mass is 32.2. The van der Waals surface area contributed by atoms with Crippen molar-refractivity contribution in [3.63, 3.8) is 0 Å². The van der Waals surface area contributed by atoms with Crippen molar-refractivity contribution in [3.05, 3.63) is 68.7 Å². The number of rotatable bonds is 4. The quantitative estimate of drug-likeness (QED) is 0.836. The van der Waals surface area contributed by atoms with Crippen molar-refractivity contribution in [1.29, 1.82) is 0 Å². The molecule has 0 saturated heterocycles. The van der Waals surface area contributed by atoms with Gasteiger partial charge in [-0.2, -0.15) is 4.31 Å². The van der Waals surface area contributed by atoms with Gasteiger partial charge in [0.05, 0.1) is 18.6 Å². The van der Waals surface area contributed by atoms with Gasteiger partial charge in [-0.25, -0.2) is 13.4 Å². The minimum absolute atomic E-state index is 0.0697. The molecular formula is C18H21N3O3S. The molecule has 0 fully saturated rings. The first-order valence-electron chi connectivity index (χ1n) is 8.23. The zero-order valence-electron chi connectivity index (χ0n) is 14.3. The van der Waals surface area contributed by atoms with Crippen molar-refractivity contribution >= 4 is 16.1 Å². The summed E-state index contributed by atoms with van der Waals surface area (Å²) >= 11 is 0. The van der Waals surface area contributed by atoms with Crippen LogP contribution in [-0.2, 0) is 29.5 Å². The fraction of sp³-hybridized carbons (Fsp3) is 0.333. The van der Waals surface area contributed by atoms with E-state index in [2.05, 4.69) is 4.98 Å². The van der Waals surface area contributed by atoms with E-state index in [1.807, 2.05) is 38.1 Å². The standard InChI is InChI=1S/C18H21N3O3S/c1-3-20-13-19-17-12-21(10-8-16(17)18(20)22)25(23,24)11-9-15-6-4-14(2)5-7-15/h4-7,9,11,13H,3,8,10,12H2,1-2H3/b11-9+. The van der Waals surface area contributed by atoms with Crippen LogP contribution in [0.3, 0.4) is 0 Å². The Labute approximate surface area is 147 Å². The van der Waals surface area contributed by atoms with Gasteiger partial charge >= 0.3 is 0 Å². The first-order chi connectivity index (χ1) is 11.9. The Kier molecular flexibility index (Phi) is 4.87. The lowest BCUT2D eigenvalue weighted by atomic mass is 10.1. The molecule has 1 aliphatic rings. The molecule has 0 unspecified atom stereocenters.